The molecule has 3 nitrogen and oxygen atoms in total. The fourth-order valence-electron chi connectivity index (χ4n) is 4.09. The molecule has 0 aromatic heterocycles. The van der Waals surface area contributed by atoms with Gasteiger partial charge in [0.05, 0.1) is 0 Å². The summed E-state index contributed by atoms with van der Waals surface area (Å²) in [5.74, 6) is 1.23. The van der Waals surface area contributed by atoms with Crippen molar-refractivity contribution in [3.05, 3.63) is 10.2 Å². The van der Waals surface area contributed by atoms with Crippen LogP contribution in [0.2, 0.25) is 13.3 Å². The van der Waals surface area contributed by atoms with Gasteiger partial charge in [-0.25, -0.2) is 0 Å². The molecule has 0 saturated carbocycles. The van der Waals surface area contributed by atoms with Crippen LogP contribution in [-0.4, -0.2) is 56.5 Å². The SMILES string of the molecule is CCC[CH2][Sn](/[CH]=C/[C@H](O)CC(=O)N1C(=S)SC[C@@H]1C(C)C)([CH2]CCC)[CH2]CCC. The van der Waals surface area contributed by atoms with Crippen molar-refractivity contribution < 1.29 is 9.90 Å². The molecule has 1 saturated heterocycles. The van der Waals surface area contributed by atoms with Crippen LogP contribution >= 0.6 is 24.0 Å². The van der Waals surface area contributed by atoms with E-state index in [0.717, 1.165) is 5.75 Å². The van der Waals surface area contributed by atoms with Gasteiger partial charge in [-0.2, -0.15) is 0 Å². The molecule has 1 amide bonds. The molecule has 0 aromatic carbocycles. The van der Waals surface area contributed by atoms with Crippen molar-refractivity contribution in [1.82, 2.24) is 4.90 Å². The normalized spacial score (nSPS) is 18.9. The van der Waals surface area contributed by atoms with Gasteiger partial charge in [0, 0.05) is 0 Å². The zero-order valence-electron chi connectivity index (χ0n) is 19.3. The average molecular weight is 548 g/mol. The van der Waals surface area contributed by atoms with Crippen molar-refractivity contribution in [2.45, 2.75) is 105 Å². The van der Waals surface area contributed by atoms with Crippen molar-refractivity contribution in [1.29, 1.82) is 0 Å². The summed E-state index contributed by atoms with van der Waals surface area (Å²) in [7, 11) is 0. The Bertz CT molecular complexity index is 517. The molecule has 0 unspecified atom stereocenters. The van der Waals surface area contributed by atoms with E-state index in [1.165, 1.54) is 51.8 Å². The van der Waals surface area contributed by atoms with E-state index in [-0.39, 0.29) is 18.4 Å². The number of amides is 1. The van der Waals surface area contributed by atoms with E-state index in [0.29, 0.717) is 10.2 Å². The number of aliphatic hydroxyl groups excluding tert-OH is 1. The van der Waals surface area contributed by atoms with Crippen LogP contribution in [-0.2, 0) is 4.79 Å². The Morgan fingerprint density at radius 2 is 1.69 bits per heavy atom. The summed E-state index contributed by atoms with van der Waals surface area (Å²) in [6, 6.07) is 0.160. The van der Waals surface area contributed by atoms with Crippen molar-refractivity contribution in [2.75, 3.05) is 5.75 Å². The summed E-state index contributed by atoms with van der Waals surface area (Å²) in [5, 5.41) is 10.7. The van der Waals surface area contributed by atoms with Crippen LogP contribution in [0.25, 0.3) is 0 Å². The zero-order valence-corrected chi connectivity index (χ0v) is 23.8. The maximum absolute atomic E-state index is 12.9. The third-order valence-electron chi connectivity index (χ3n) is 6.08. The van der Waals surface area contributed by atoms with Gasteiger partial charge in [-0.05, 0) is 0 Å². The predicted octanol–water partition coefficient (Wildman–Crippen LogP) is 6.57. The number of hydrogen-bond acceptors (Lipinski definition) is 4. The molecule has 0 bridgehead atoms. The number of thioether (sulfide) groups is 1. The van der Waals surface area contributed by atoms with Gasteiger partial charge in [0.25, 0.3) is 0 Å². The Morgan fingerprint density at radius 3 is 2.14 bits per heavy atom. The van der Waals surface area contributed by atoms with Gasteiger partial charge in [0.15, 0.2) is 0 Å². The van der Waals surface area contributed by atoms with E-state index in [1.54, 1.807) is 16.7 Å². The minimum absolute atomic E-state index is 0.0210. The first-order valence-corrected chi connectivity index (χ1v) is 20.8. The zero-order chi connectivity index (χ0) is 21.9. The average Bonchev–Trinajstić information content (AvgIpc) is 3.08. The second-order valence-electron chi connectivity index (χ2n) is 8.96. The summed E-state index contributed by atoms with van der Waals surface area (Å²) in [5.41, 5.74) is 0. The molecule has 0 aliphatic carbocycles. The summed E-state index contributed by atoms with van der Waals surface area (Å²) in [6.07, 6.45) is 9.09. The standard InChI is InChI=1S/C11H16NO2S2.3C4H9.Sn/c1-4-8(13)5-10(14)12-9(7(2)3)6-16-11(12)15;3*1-3-4-2;/h1,4,7-9,13H,5-6H2,2-3H3;3*1,3-4H2,2H3;/t8-,9+;;;;/m0..../s1. The van der Waals surface area contributed by atoms with Crippen LogP contribution in [0.1, 0.15) is 79.6 Å². The number of aliphatic hydroxyl groups is 1. The number of carbonyl (C=O) groups excluding carboxylic acids is 1. The Balaban J connectivity index is 2.85. The Morgan fingerprint density at radius 1 is 1.17 bits per heavy atom. The van der Waals surface area contributed by atoms with Gasteiger partial charge < -0.3 is 0 Å². The van der Waals surface area contributed by atoms with Gasteiger partial charge >= 0.3 is 194 Å². The molecule has 1 N–H and O–H groups in total. The summed E-state index contributed by atoms with van der Waals surface area (Å²) in [4.78, 5) is 14.6. The van der Waals surface area contributed by atoms with E-state index < -0.39 is 24.5 Å². The first-order chi connectivity index (χ1) is 13.8. The van der Waals surface area contributed by atoms with Crippen molar-refractivity contribution in [3.63, 3.8) is 0 Å². The van der Waals surface area contributed by atoms with Gasteiger partial charge in [-0.1, -0.05) is 0 Å². The number of nitrogens with zero attached hydrogens (tertiary/aromatic N) is 1. The van der Waals surface area contributed by atoms with E-state index in [2.05, 4.69) is 38.7 Å². The number of carbonyl (C=O) groups is 1. The van der Waals surface area contributed by atoms with Crippen LogP contribution in [0.15, 0.2) is 10.2 Å². The van der Waals surface area contributed by atoms with E-state index in [9.17, 15) is 9.90 Å². The second-order valence-corrected chi connectivity index (χ2v) is 23.6. The number of hydrogen-bond donors (Lipinski definition) is 1. The molecule has 0 aromatic rings. The fraction of sp³-hybridized carbons (Fsp3) is 0.826. The molecule has 0 radical (unpaired) electrons. The van der Waals surface area contributed by atoms with Crippen molar-refractivity contribution in [2.24, 2.45) is 5.92 Å². The third kappa shape index (κ3) is 9.20. The van der Waals surface area contributed by atoms with Gasteiger partial charge in [-0.15, -0.1) is 0 Å². The Labute approximate surface area is 193 Å². The molecular weight excluding hydrogens is 505 g/mol. The Kier molecular flexibility index (Phi) is 13.7. The summed E-state index contributed by atoms with van der Waals surface area (Å²) >= 11 is 4.59. The number of rotatable bonds is 14. The van der Waals surface area contributed by atoms with Crippen LogP contribution < -0.4 is 0 Å². The van der Waals surface area contributed by atoms with Gasteiger partial charge in [0.1, 0.15) is 0 Å². The molecule has 1 fully saturated rings. The quantitative estimate of drug-likeness (QED) is 0.197. The fourth-order valence-corrected chi connectivity index (χ4v) is 20.2. The molecule has 1 aliphatic heterocycles. The molecule has 0 spiro atoms. The third-order valence-corrected chi connectivity index (χ3v) is 21.7. The molecule has 2 atom stereocenters. The van der Waals surface area contributed by atoms with Crippen LogP contribution in [0.3, 0.4) is 0 Å². The number of thiocarbonyl (C=S) groups is 1. The predicted molar refractivity (Wildman–Crippen MR) is 135 cm³/mol. The molecule has 6 heteroatoms. The van der Waals surface area contributed by atoms with Gasteiger partial charge in [-0.3, -0.25) is 0 Å². The first-order valence-electron chi connectivity index (χ1n) is 11.7. The van der Waals surface area contributed by atoms with Crippen LogP contribution in [0.4, 0.5) is 0 Å². The minimum atomic E-state index is -2.42. The van der Waals surface area contributed by atoms with Crippen LogP contribution in [0.5, 0.6) is 0 Å². The second kappa shape index (κ2) is 14.5. The summed E-state index contributed by atoms with van der Waals surface area (Å²) < 4.78 is 7.28. The maximum atomic E-state index is 12.9. The first kappa shape index (κ1) is 27.4. The summed E-state index contributed by atoms with van der Waals surface area (Å²) in [6.45, 7) is 11.1. The molecule has 1 heterocycles. The topological polar surface area (TPSA) is 40.5 Å². The molecule has 168 valence electrons. The van der Waals surface area contributed by atoms with Crippen molar-refractivity contribution >= 4 is 52.6 Å². The monoisotopic (exact) mass is 549 g/mol. The molecule has 1 aliphatic rings. The van der Waals surface area contributed by atoms with Crippen molar-refractivity contribution in [3.8, 4) is 0 Å². The van der Waals surface area contributed by atoms with E-state index in [4.69, 9.17) is 12.2 Å². The van der Waals surface area contributed by atoms with Crippen LogP contribution in [0, 0.1) is 5.92 Å². The molecule has 29 heavy (non-hydrogen) atoms. The van der Waals surface area contributed by atoms with E-state index in [1.807, 2.05) is 6.08 Å². The van der Waals surface area contributed by atoms with E-state index >= 15 is 0 Å². The number of unbranched alkanes of at least 4 members (excludes halogenated alkanes) is 3. The Hall–Kier alpha value is 0.409. The molecule has 1 rings (SSSR count). The van der Waals surface area contributed by atoms with Gasteiger partial charge in [0.2, 0.25) is 0 Å². The molecular formula is C23H43NO2S2Sn.